The second kappa shape index (κ2) is 3.19. The van der Waals surface area contributed by atoms with Gasteiger partial charge in [0.15, 0.2) is 11.9 Å². The first kappa shape index (κ1) is 9.90. The van der Waals surface area contributed by atoms with Gasteiger partial charge >= 0.3 is 5.97 Å². The van der Waals surface area contributed by atoms with Crippen molar-refractivity contribution < 1.29 is 14.3 Å². The molecular weight excluding hydrogens is 192 g/mol. The van der Waals surface area contributed by atoms with E-state index in [0.717, 1.165) is 11.1 Å². The second-order valence-corrected chi connectivity index (χ2v) is 4.16. The summed E-state index contributed by atoms with van der Waals surface area (Å²) < 4.78 is 5.10. The van der Waals surface area contributed by atoms with Crippen molar-refractivity contribution in [2.45, 2.75) is 25.9 Å². The van der Waals surface area contributed by atoms with Crippen LogP contribution in [0.25, 0.3) is 0 Å². The Morgan fingerprint density at radius 2 is 2.20 bits per heavy atom. The molecule has 1 aliphatic rings. The van der Waals surface area contributed by atoms with Crippen LogP contribution in [0.4, 0.5) is 0 Å². The predicted molar refractivity (Wildman–Crippen MR) is 54.8 cm³/mol. The minimum absolute atomic E-state index is 0.408. The molecule has 0 aliphatic carbocycles. The fourth-order valence-corrected chi connectivity index (χ4v) is 1.78. The van der Waals surface area contributed by atoms with E-state index in [2.05, 4.69) is 0 Å². The smallest absolute Gasteiger partial charge is 0.339 e. The SMILES string of the molecule is Cc1ccc2c(c1)C(=O)OC(C)(C=O)C2. The maximum Gasteiger partial charge on any atom is 0.339 e. The van der Waals surface area contributed by atoms with E-state index >= 15 is 0 Å². The lowest BCUT2D eigenvalue weighted by atomic mass is 9.90. The van der Waals surface area contributed by atoms with Crippen molar-refractivity contribution in [1.82, 2.24) is 0 Å². The van der Waals surface area contributed by atoms with Crippen molar-refractivity contribution in [3.05, 3.63) is 34.9 Å². The minimum Gasteiger partial charge on any atom is -0.448 e. The summed E-state index contributed by atoms with van der Waals surface area (Å²) in [5.41, 5.74) is 1.47. The van der Waals surface area contributed by atoms with Crippen LogP contribution in [-0.4, -0.2) is 17.9 Å². The highest BCUT2D eigenvalue weighted by molar-refractivity contribution is 5.94. The molecular formula is C12H12O3. The Balaban J connectivity index is 2.50. The van der Waals surface area contributed by atoms with Crippen LogP contribution in [-0.2, 0) is 16.0 Å². The van der Waals surface area contributed by atoms with Crippen LogP contribution in [0, 0.1) is 6.92 Å². The molecule has 0 saturated carbocycles. The quantitative estimate of drug-likeness (QED) is 0.516. The molecule has 1 aromatic carbocycles. The first-order valence-corrected chi connectivity index (χ1v) is 4.83. The summed E-state index contributed by atoms with van der Waals surface area (Å²) >= 11 is 0. The maximum atomic E-state index is 11.6. The summed E-state index contributed by atoms with van der Waals surface area (Å²) in [5.74, 6) is -0.408. The van der Waals surface area contributed by atoms with Gasteiger partial charge in [0.25, 0.3) is 0 Å². The molecule has 2 rings (SSSR count). The van der Waals surface area contributed by atoms with E-state index in [1.54, 1.807) is 13.0 Å². The van der Waals surface area contributed by atoms with Gasteiger partial charge in [-0.1, -0.05) is 17.7 Å². The Kier molecular flexibility index (Phi) is 2.11. The Morgan fingerprint density at radius 3 is 2.87 bits per heavy atom. The third-order valence-electron chi connectivity index (χ3n) is 2.60. The number of aldehydes is 1. The number of benzene rings is 1. The molecule has 3 heteroatoms. The molecule has 1 atom stereocenters. The fourth-order valence-electron chi connectivity index (χ4n) is 1.78. The molecule has 15 heavy (non-hydrogen) atoms. The number of carbonyl (C=O) groups excluding carboxylic acids is 2. The molecule has 3 nitrogen and oxygen atoms in total. The van der Waals surface area contributed by atoms with Crippen LogP contribution in [0.5, 0.6) is 0 Å². The minimum atomic E-state index is -1.00. The van der Waals surface area contributed by atoms with Crippen LogP contribution >= 0.6 is 0 Å². The van der Waals surface area contributed by atoms with E-state index in [1.165, 1.54) is 0 Å². The zero-order valence-electron chi connectivity index (χ0n) is 8.74. The second-order valence-electron chi connectivity index (χ2n) is 4.16. The van der Waals surface area contributed by atoms with E-state index in [0.29, 0.717) is 18.3 Å². The molecule has 0 aromatic heterocycles. The molecule has 1 heterocycles. The van der Waals surface area contributed by atoms with E-state index in [-0.39, 0.29) is 0 Å². The molecule has 0 spiro atoms. The summed E-state index contributed by atoms with van der Waals surface area (Å²) in [7, 11) is 0. The largest absolute Gasteiger partial charge is 0.448 e. The summed E-state index contributed by atoms with van der Waals surface area (Å²) in [5, 5.41) is 0. The van der Waals surface area contributed by atoms with Gasteiger partial charge in [-0.2, -0.15) is 0 Å². The van der Waals surface area contributed by atoms with E-state index < -0.39 is 11.6 Å². The first-order chi connectivity index (χ1) is 7.04. The van der Waals surface area contributed by atoms with Crippen LogP contribution in [0.1, 0.15) is 28.4 Å². The number of hydrogen-bond acceptors (Lipinski definition) is 3. The van der Waals surface area contributed by atoms with Crippen molar-refractivity contribution in [2.24, 2.45) is 0 Å². The number of cyclic esters (lactones) is 1. The molecule has 1 aromatic rings. The number of rotatable bonds is 1. The average molecular weight is 204 g/mol. The molecule has 0 radical (unpaired) electrons. The highest BCUT2D eigenvalue weighted by Crippen LogP contribution is 2.27. The average Bonchev–Trinajstić information content (AvgIpc) is 2.20. The van der Waals surface area contributed by atoms with Crippen LogP contribution in [0.15, 0.2) is 18.2 Å². The van der Waals surface area contributed by atoms with Gasteiger partial charge in [0.2, 0.25) is 0 Å². The normalized spacial score (nSPS) is 24.3. The number of ether oxygens (including phenoxy) is 1. The predicted octanol–water partition coefficient (Wildman–Crippen LogP) is 1.67. The zero-order chi connectivity index (χ0) is 11.1. The number of fused-ring (bicyclic) bond motifs is 1. The number of hydrogen-bond donors (Lipinski definition) is 0. The Morgan fingerprint density at radius 1 is 1.47 bits per heavy atom. The molecule has 0 bridgehead atoms. The standard InChI is InChI=1S/C12H12O3/c1-8-3-4-9-6-12(2,7-13)15-11(14)10(9)5-8/h3-5,7H,6H2,1-2H3. The van der Waals surface area contributed by atoms with Crippen molar-refractivity contribution >= 4 is 12.3 Å². The van der Waals surface area contributed by atoms with Crippen molar-refractivity contribution in [2.75, 3.05) is 0 Å². The zero-order valence-corrected chi connectivity index (χ0v) is 8.74. The molecule has 1 aliphatic heterocycles. The van der Waals surface area contributed by atoms with Crippen LogP contribution in [0.2, 0.25) is 0 Å². The molecule has 78 valence electrons. The Bertz CT molecular complexity index is 436. The lowest BCUT2D eigenvalue weighted by molar-refractivity contribution is -0.124. The fraction of sp³-hybridized carbons (Fsp3) is 0.333. The van der Waals surface area contributed by atoms with E-state index in [1.807, 2.05) is 19.1 Å². The van der Waals surface area contributed by atoms with Gasteiger partial charge < -0.3 is 4.74 Å². The molecule has 1 unspecified atom stereocenters. The lowest BCUT2D eigenvalue weighted by Gasteiger charge is -2.29. The van der Waals surface area contributed by atoms with Gasteiger partial charge in [-0.15, -0.1) is 0 Å². The first-order valence-electron chi connectivity index (χ1n) is 4.83. The lowest BCUT2D eigenvalue weighted by Crippen LogP contribution is -2.40. The van der Waals surface area contributed by atoms with Gasteiger partial charge in [0.05, 0.1) is 5.56 Å². The topological polar surface area (TPSA) is 43.4 Å². The van der Waals surface area contributed by atoms with Gasteiger partial charge in [-0.05, 0) is 25.5 Å². The summed E-state index contributed by atoms with van der Waals surface area (Å²) in [6.07, 6.45) is 1.14. The number of carbonyl (C=O) groups is 2. The van der Waals surface area contributed by atoms with Gasteiger partial charge in [-0.25, -0.2) is 4.79 Å². The van der Waals surface area contributed by atoms with Crippen molar-refractivity contribution in [3.63, 3.8) is 0 Å². The Labute approximate surface area is 88.1 Å². The van der Waals surface area contributed by atoms with E-state index in [9.17, 15) is 9.59 Å². The van der Waals surface area contributed by atoms with Gasteiger partial charge in [-0.3, -0.25) is 4.79 Å². The van der Waals surface area contributed by atoms with Gasteiger partial charge in [0, 0.05) is 6.42 Å². The monoisotopic (exact) mass is 204 g/mol. The number of aryl methyl sites for hydroxylation is 1. The van der Waals surface area contributed by atoms with Crippen molar-refractivity contribution in [3.8, 4) is 0 Å². The summed E-state index contributed by atoms with van der Waals surface area (Å²) in [6.45, 7) is 3.54. The third kappa shape index (κ3) is 1.65. The van der Waals surface area contributed by atoms with Crippen molar-refractivity contribution in [1.29, 1.82) is 0 Å². The highest BCUT2D eigenvalue weighted by Gasteiger charge is 2.35. The van der Waals surface area contributed by atoms with Gasteiger partial charge in [0.1, 0.15) is 0 Å². The van der Waals surface area contributed by atoms with Crippen LogP contribution in [0.3, 0.4) is 0 Å². The van der Waals surface area contributed by atoms with E-state index in [4.69, 9.17) is 4.74 Å². The van der Waals surface area contributed by atoms with Crippen LogP contribution < -0.4 is 0 Å². The molecule has 0 fully saturated rings. The molecule has 0 amide bonds. The summed E-state index contributed by atoms with van der Waals surface area (Å²) in [4.78, 5) is 22.5. The summed E-state index contributed by atoms with van der Waals surface area (Å²) in [6, 6.07) is 5.61. The molecule has 0 N–H and O–H groups in total. The maximum absolute atomic E-state index is 11.6. The Hall–Kier alpha value is -1.64. The number of esters is 1. The third-order valence-corrected chi connectivity index (χ3v) is 2.60. The highest BCUT2D eigenvalue weighted by atomic mass is 16.6. The molecule has 0 saturated heterocycles.